The maximum Gasteiger partial charge on any atom is 0.491 e. The first kappa shape index (κ1) is 22.2. The highest BCUT2D eigenvalue weighted by molar-refractivity contribution is 6.60. The SMILES string of the molecule is CC(C)(O)C(C)(C)OB(O)c1ccc(OCC(O)CN2CCCCC2)cc1. The summed E-state index contributed by atoms with van der Waals surface area (Å²) in [4.78, 5) is 2.28. The van der Waals surface area contributed by atoms with Crippen molar-refractivity contribution >= 4 is 12.6 Å². The number of benzene rings is 1. The zero-order valence-corrected chi connectivity index (χ0v) is 17.0. The largest absolute Gasteiger partial charge is 0.491 e. The minimum atomic E-state index is -1.15. The quantitative estimate of drug-likeness (QED) is 0.559. The van der Waals surface area contributed by atoms with Gasteiger partial charge >= 0.3 is 7.12 Å². The van der Waals surface area contributed by atoms with Crippen LogP contribution in [0.4, 0.5) is 0 Å². The van der Waals surface area contributed by atoms with Gasteiger partial charge in [0.25, 0.3) is 0 Å². The second kappa shape index (κ2) is 9.39. The molecule has 0 saturated carbocycles. The van der Waals surface area contributed by atoms with E-state index in [1.54, 1.807) is 52.0 Å². The number of piperidine rings is 1. The van der Waals surface area contributed by atoms with Crippen molar-refractivity contribution < 1.29 is 24.6 Å². The van der Waals surface area contributed by atoms with Gasteiger partial charge in [-0.15, -0.1) is 0 Å². The van der Waals surface area contributed by atoms with E-state index in [1.807, 2.05) is 0 Å². The molecule has 2 rings (SSSR count). The van der Waals surface area contributed by atoms with Gasteiger partial charge in [-0.25, -0.2) is 0 Å². The second-order valence-electron chi connectivity index (χ2n) is 8.43. The fourth-order valence-electron chi connectivity index (χ4n) is 2.91. The van der Waals surface area contributed by atoms with Gasteiger partial charge in [-0.05, 0) is 71.2 Å². The van der Waals surface area contributed by atoms with E-state index < -0.39 is 24.4 Å². The molecule has 3 N–H and O–H groups in total. The van der Waals surface area contributed by atoms with Crippen molar-refractivity contribution in [2.75, 3.05) is 26.2 Å². The summed E-state index contributed by atoms with van der Waals surface area (Å²) in [5.74, 6) is 0.630. The van der Waals surface area contributed by atoms with Crippen LogP contribution in [0.1, 0.15) is 47.0 Å². The van der Waals surface area contributed by atoms with Gasteiger partial charge in [0.1, 0.15) is 18.5 Å². The van der Waals surface area contributed by atoms with Crippen molar-refractivity contribution in [2.45, 2.75) is 64.3 Å². The van der Waals surface area contributed by atoms with Gasteiger partial charge in [0.05, 0.1) is 11.2 Å². The normalized spacial score (nSPS) is 17.6. The van der Waals surface area contributed by atoms with E-state index in [9.17, 15) is 15.2 Å². The molecule has 1 aromatic carbocycles. The summed E-state index contributed by atoms with van der Waals surface area (Å²) in [6.07, 6.45) is 3.15. The molecule has 0 amide bonds. The third-order valence-corrected chi connectivity index (χ3v) is 5.40. The molecule has 1 heterocycles. The lowest BCUT2D eigenvalue weighted by Crippen LogP contribution is -2.53. The standard InChI is InChI=1S/C20H34BNO5/c1-19(2,24)20(3,4)27-21(25)16-8-10-18(11-9-16)26-15-17(23)14-22-12-6-5-7-13-22/h8-11,17,23-25H,5-7,12-15H2,1-4H3. The number of likely N-dealkylation sites (tertiary alicyclic amines) is 1. The number of aliphatic hydroxyl groups excluding tert-OH is 1. The highest BCUT2D eigenvalue weighted by Gasteiger charge is 2.39. The molecule has 1 atom stereocenters. The third-order valence-electron chi connectivity index (χ3n) is 5.40. The molecule has 1 aliphatic heterocycles. The van der Waals surface area contributed by atoms with Gasteiger partial charge in [-0.3, -0.25) is 0 Å². The highest BCUT2D eigenvalue weighted by Crippen LogP contribution is 2.25. The molecular formula is C20H34BNO5. The molecule has 7 heteroatoms. The maximum absolute atomic E-state index is 10.3. The Morgan fingerprint density at radius 3 is 2.22 bits per heavy atom. The summed E-state index contributed by atoms with van der Waals surface area (Å²) in [6.45, 7) is 9.72. The van der Waals surface area contributed by atoms with Crippen LogP contribution >= 0.6 is 0 Å². The highest BCUT2D eigenvalue weighted by atomic mass is 16.5. The van der Waals surface area contributed by atoms with Crippen LogP contribution in [0.15, 0.2) is 24.3 Å². The summed E-state index contributed by atoms with van der Waals surface area (Å²) in [5, 5.41) is 30.6. The molecule has 1 unspecified atom stereocenters. The molecule has 1 fully saturated rings. The van der Waals surface area contributed by atoms with Crippen molar-refractivity contribution in [1.82, 2.24) is 4.90 Å². The second-order valence-corrected chi connectivity index (χ2v) is 8.43. The Bertz CT molecular complexity index is 567. The van der Waals surface area contributed by atoms with Crippen LogP contribution in [0, 0.1) is 0 Å². The van der Waals surface area contributed by atoms with E-state index in [1.165, 1.54) is 19.3 Å². The number of hydrogen-bond acceptors (Lipinski definition) is 6. The van der Waals surface area contributed by atoms with Crippen molar-refractivity contribution in [3.8, 4) is 5.75 Å². The molecule has 0 bridgehead atoms. The molecular weight excluding hydrogens is 345 g/mol. The Morgan fingerprint density at radius 2 is 1.67 bits per heavy atom. The zero-order valence-electron chi connectivity index (χ0n) is 17.0. The van der Waals surface area contributed by atoms with Crippen molar-refractivity contribution in [3.05, 3.63) is 24.3 Å². The predicted octanol–water partition coefficient (Wildman–Crippen LogP) is 1.17. The smallest absolute Gasteiger partial charge is 0.491 e. The maximum atomic E-state index is 10.3. The molecule has 1 aromatic rings. The molecule has 152 valence electrons. The molecule has 0 spiro atoms. The van der Waals surface area contributed by atoms with Gasteiger partial charge in [0.2, 0.25) is 0 Å². The van der Waals surface area contributed by atoms with E-state index in [4.69, 9.17) is 9.39 Å². The lowest BCUT2D eigenvalue weighted by atomic mass is 9.76. The first-order chi connectivity index (χ1) is 12.6. The number of aliphatic hydroxyl groups is 2. The summed E-state index contributed by atoms with van der Waals surface area (Å²) >= 11 is 0. The van der Waals surface area contributed by atoms with Gasteiger partial charge < -0.3 is 29.5 Å². The van der Waals surface area contributed by atoms with Gasteiger partial charge in [0, 0.05) is 6.54 Å². The van der Waals surface area contributed by atoms with Crippen LogP contribution in [0.3, 0.4) is 0 Å². The predicted molar refractivity (Wildman–Crippen MR) is 107 cm³/mol. The Balaban J connectivity index is 1.82. The van der Waals surface area contributed by atoms with Gasteiger partial charge in [-0.1, -0.05) is 18.6 Å². The number of β-amino-alcohol motifs (C(OH)–C–C–N with tert-alkyl or cyclic N) is 1. The third kappa shape index (κ3) is 6.77. The van der Waals surface area contributed by atoms with Crippen LogP contribution in [0.5, 0.6) is 5.75 Å². The molecule has 0 aromatic heterocycles. The van der Waals surface area contributed by atoms with Crippen molar-refractivity contribution in [2.24, 2.45) is 0 Å². The molecule has 1 aliphatic rings. The number of ether oxygens (including phenoxy) is 1. The number of rotatable bonds is 9. The Kier molecular flexibility index (Phi) is 7.71. The average Bonchev–Trinajstić information content (AvgIpc) is 2.60. The summed E-state index contributed by atoms with van der Waals surface area (Å²) in [5.41, 5.74) is -1.43. The van der Waals surface area contributed by atoms with E-state index in [-0.39, 0.29) is 6.61 Å². The molecule has 0 radical (unpaired) electrons. The minimum absolute atomic E-state index is 0.237. The fourth-order valence-corrected chi connectivity index (χ4v) is 2.91. The summed E-state index contributed by atoms with van der Waals surface area (Å²) < 4.78 is 11.3. The zero-order chi connectivity index (χ0) is 20.1. The van der Waals surface area contributed by atoms with Crippen LogP contribution in [0.2, 0.25) is 0 Å². The number of nitrogens with zero attached hydrogens (tertiary/aromatic N) is 1. The van der Waals surface area contributed by atoms with E-state index in [0.717, 1.165) is 13.1 Å². The van der Waals surface area contributed by atoms with E-state index in [0.29, 0.717) is 17.8 Å². The lowest BCUT2D eigenvalue weighted by Gasteiger charge is -2.38. The van der Waals surface area contributed by atoms with E-state index >= 15 is 0 Å². The first-order valence-electron chi connectivity index (χ1n) is 9.80. The Hall–Kier alpha value is -1.12. The molecule has 0 aliphatic carbocycles. The monoisotopic (exact) mass is 379 g/mol. The van der Waals surface area contributed by atoms with E-state index in [2.05, 4.69) is 4.90 Å². The number of hydrogen-bond donors (Lipinski definition) is 3. The van der Waals surface area contributed by atoms with Crippen LogP contribution in [-0.4, -0.2) is 70.8 Å². The molecule has 27 heavy (non-hydrogen) atoms. The molecule has 1 saturated heterocycles. The van der Waals surface area contributed by atoms with Crippen molar-refractivity contribution in [1.29, 1.82) is 0 Å². The Morgan fingerprint density at radius 1 is 1.07 bits per heavy atom. The minimum Gasteiger partial charge on any atom is -0.491 e. The fraction of sp³-hybridized carbons (Fsp3) is 0.700. The average molecular weight is 379 g/mol. The van der Waals surface area contributed by atoms with Crippen LogP contribution in [-0.2, 0) is 4.65 Å². The lowest BCUT2D eigenvalue weighted by molar-refractivity contribution is -0.0982. The van der Waals surface area contributed by atoms with Crippen LogP contribution < -0.4 is 10.2 Å². The molecule has 6 nitrogen and oxygen atoms in total. The van der Waals surface area contributed by atoms with Gasteiger partial charge in [-0.2, -0.15) is 0 Å². The summed E-state index contributed by atoms with van der Waals surface area (Å²) in [6, 6.07) is 6.92. The van der Waals surface area contributed by atoms with Crippen molar-refractivity contribution in [3.63, 3.8) is 0 Å². The van der Waals surface area contributed by atoms with Crippen LogP contribution in [0.25, 0.3) is 0 Å². The first-order valence-corrected chi connectivity index (χ1v) is 9.80. The Labute approximate surface area is 163 Å². The van der Waals surface area contributed by atoms with Gasteiger partial charge in [0.15, 0.2) is 0 Å². The summed E-state index contributed by atoms with van der Waals surface area (Å²) in [7, 11) is -1.15. The topological polar surface area (TPSA) is 82.4 Å².